The van der Waals surface area contributed by atoms with Crippen molar-refractivity contribution in [2.24, 2.45) is 0 Å². The Morgan fingerprint density at radius 3 is 3.07 bits per heavy atom. The molecule has 0 radical (unpaired) electrons. The van der Waals surface area contributed by atoms with E-state index in [2.05, 4.69) is 15.5 Å². The Morgan fingerprint density at radius 2 is 2.40 bits per heavy atom. The molecule has 1 aliphatic heterocycles. The van der Waals surface area contributed by atoms with Crippen LogP contribution in [-0.2, 0) is 4.74 Å². The molecule has 1 aromatic heterocycles. The number of piperidine rings is 1. The standard InChI is InChI=1S/C10H17N3O2/c1-7(14-2)9-12-10(15-13-9)8-5-3-4-6-11-8/h7-8,11H,3-6H2,1-2H3/t7?,8-/m0/s1. The third-order valence-corrected chi connectivity index (χ3v) is 2.78. The zero-order valence-corrected chi connectivity index (χ0v) is 9.19. The van der Waals surface area contributed by atoms with Gasteiger partial charge in [-0.05, 0) is 26.3 Å². The Balaban J connectivity index is 2.05. The van der Waals surface area contributed by atoms with E-state index in [4.69, 9.17) is 9.26 Å². The molecule has 1 N–H and O–H groups in total. The van der Waals surface area contributed by atoms with Crippen LogP contribution in [0.25, 0.3) is 0 Å². The molecule has 5 nitrogen and oxygen atoms in total. The molecular weight excluding hydrogens is 194 g/mol. The molecule has 1 aliphatic rings. The fourth-order valence-corrected chi connectivity index (χ4v) is 1.72. The highest BCUT2D eigenvalue weighted by molar-refractivity contribution is 4.96. The second-order valence-electron chi connectivity index (χ2n) is 3.87. The average molecular weight is 211 g/mol. The minimum atomic E-state index is -0.105. The van der Waals surface area contributed by atoms with Gasteiger partial charge in [-0.25, -0.2) is 0 Å². The van der Waals surface area contributed by atoms with Gasteiger partial charge >= 0.3 is 0 Å². The smallest absolute Gasteiger partial charge is 0.243 e. The van der Waals surface area contributed by atoms with Gasteiger partial charge in [-0.2, -0.15) is 4.98 Å². The largest absolute Gasteiger partial charge is 0.374 e. The number of nitrogens with one attached hydrogen (secondary N) is 1. The van der Waals surface area contributed by atoms with Crippen LogP contribution in [0.3, 0.4) is 0 Å². The number of aromatic nitrogens is 2. The van der Waals surface area contributed by atoms with Crippen LogP contribution in [0.15, 0.2) is 4.52 Å². The first-order valence-corrected chi connectivity index (χ1v) is 5.41. The van der Waals surface area contributed by atoms with Crippen molar-refractivity contribution < 1.29 is 9.26 Å². The second-order valence-corrected chi connectivity index (χ2v) is 3.87. The number of methoxy groups -OCH3 is 1. The SMILES string of the molecule is COC(C)c1noc([C@@H]2CCCCN2)n1. The summed E-state index contributed by atoms with van der Waals surface area (Å²) < 4.78 is 10.4. The summed E-state index contributed by atoms with van der Waals surface area (Å²) in [6.07, 6.45) is 3.41. The molecule has 0 aliphatic carbocycles. The van der Waals surface area contributed by atoms with Gasteiger partial charge in [-0.3, -0.25) is 0 Å². The first-order chi connectivity index (χ1) is 7.31. The van der Waals surface area contributed by atoms with Gasteiger partial charge in [-0.1, -0.05) is 11.6 Å². The first-order valence-electron chi connectivity index (χ1n) is 5.41. The Hall–Kier alpha value is -0.940. The summed E-state index contributed by atoms with van der Waals surface area (Å²) in [6, 6.07) is 0.226. The van der Waals surface area contributed by atoms with Crippen LogP contribution in [0, 0.1) is 0 Å². The van der Waals surface area contributed by atoms with Gasteiger partial charge in [0.2, 0.25) is 5.89 Å². The maximum absolute atomic E-state index is 5.22. The maximum atomic E-state index is 5.22. The highest BCUT2D eigenvalue weighted by Gasteiger charge is 2.22. The van der Waals surface area contributed by atoms with Crippen molar-refractivity contribution in [3.63, 3.8) is 0 Å². The Labute approximate surface area is 89.2 Å². The van der Waals surface area contributed by atoms with E-state index in [-0.39, 0.29) is 12.1 Å². The summed E-state index contributed by atoms with van der Waals surface area (Å²) in [4.78, 5) is 4.34. The lowest BCUT2D eigenvalue weighted by Gasteiger charge is -2.19. The van der Waals surface area contributed by atoms with Crippen molar-refractivity contribution in [1.29, 1.82) is 0 Å². The minimum Gasteiger partial charge on any atom is -0.374 e. The van der Waals surface area contributed by atoms with E-state index in [0.717, 1.165) is 13.0 Å². The molecule has 0 aromatic carbocycles. The normalized spacial score (nSPS) is 24.0. The molecule has 1 fully saturated rings. The van der Waals surface area contributed by atoms with Gasteiger partial charge in [0.05, 0.1) is 6.04 Å². The summed E-state index contributed by atoms with van der Waals surface area (Å²) in [5, 5.41) is 7.28. The lowest BCUT2D eigenvalue weighted by Crippen LogP contribution is -2.27. The highest BCUT2D eigenvalue weighted by atomic mass is 16.5. The van der Waals surface area contributed by atoms with E-state index < -0.39 is 0 Å². The molecule has 84 valence electrons. The fourth-order valence-electron chi connectivity index (χ4n) is 1.72. The van der Waals surface area contributed by atoms with E-state index in [9.17, 15) is 0 Å². The van der Waals surface area contributed by atoms with E-state index >= 15 is 0 Å². The third kappa shape index (κ3) is 2.35. The van der Waals surface area contributed by atoms with E-state index in [0.29, 0.717) is 11.7 Å². The van der Waals surface area contributed by atoms with Crippen molar-refractivity contribution in [2.45, 2.75) is 38.3 Å². The summed E-state index contributed by atoms with van der Waals surface area (Å²) in [5.74, 6) is 1.31. The molecule has 0 bridgehead atoms. The lowest BCUT2D eigenvalue weighted by molar-refractivity contribution is 0.109. The second kappa shape index (κ2) is 4.72. The lowest BCUT2D eigenvalue weighted by atomic mass is 10.1. The van der Waals surface area contributed by atoms with E-state index in [1.165, 1.54) is 12.8 Å². The van der Waals surface area contributed by atoms with Crippen LogP contribution >= 0.6 is 0 Å². The third-order valence-electron chi connectivity index (χ3n) is 2.78. The molecule has 2 heterocycles. The van der Waals surface area contributed by atoms with Gasteiger partial charge in [0.25, 0.3) is 0 Å². The van der Waals surface area contributed by atoms with Gasteiger partial charge < -0.3 is 14.6 Å². The Bertz CT molecular complexity index is 307. The van der Waals surface area contributed by atoms with Gasteiger partial charge in [-0.15, -0.1) is 0 Å². The molecule has 1 aromatic rings. The Morgan fingerprint density at radius 1 is 1.53 bits per heavy atom. The Kier molecular flexibility index (Phi) is 3.33. The molecule has 5 heteroatoms. The van der Waals surface area contributed by atoms with E-state index in [1.807, 2.05) is 6.92 Å². The summed E-state index contributed by atoms with van der Waals surface area (Å²) >= 11 is 0. The predicted octanol–water partition coefficient (Wildman–Crippen LogP) is 1.59. The van der Waals surface area contributed by atoms with Crippen molar-refractivity contribution in [1.82, 2.24) is 15.5 Å². The molecule has 2 atom stereocenters. The van der Waals surface area contributed by atoms with Crippen LogP contribution in [0.1, 0.15) is 50.0 Å². The predicted molar refractivity (Wildman–Crippen MR) is 54.3 cm³/mol. The number of rotatable bonds is 3. The first kappa shape index (κ1) is 10.6. The summed E-state index contributed by atoms with van der Waals surface area (Å²) in [6.45, 7) is 2.94. The summed E-state index contributed by atoms with van der Waals surface area (Å²) in [5.41, 5.74) is 0. The molecule has 1 saturated heterocycles. The number of ether oxygens (including phenoxy) is 1. The van der Waals surface area contributed by atoms with Crippen LogP contribution in [0.4, 0.5) is 0 Å². The zero-order chi connectivity index (χ0) is 10.7. The number of hydrogen-bond acceptors (Lipinski definition) is 5. The van der Waals surface area contributed by atoms with Crippen LogP contribution in [0.5, 0.6) is 0 Å². The topological polar surface area (TPSA) is 60.2 Å². The summed E-state index contributed by atoms with van der Waals surface area (Å²) in [7, 11) is 1.64. The fraction of sp³-hybridized carbons (Fsp3) is 0.800. The quantitative estimate of drug-likeness (QED) is 0.822. The van der Waals surface area contributed by atoms with Crippen LogP contribution in [-0.4, -0.2) is 23.8 Å². The monoisotopic (exact) mass is 211 g/mol. The highest BCUT2D eigenvalue weighted by Crippen LogP contribution is 2.22. The number of hydrogen-bond donors (Lipinski definition) is 1. The van der Waals surface area contributed by atoms with Crippen LogP contribution in [0.2, 0.25) is 0 Å². The average Bonchev–Trinajstić information content (AvgIpc) is 2.78. The van der Waals surface area contributed by atoms with Crippen LogP contribution < -0.4 is 5.32 Å². The number of nitrogens with zero attached hydrogens (tertiary/aromatic N) is 2. The molecular formula is C10H17N3O2. The van der Waals surface area contributed by atoms with Crippen molar-refractivity contribution in [2.75, 3.05) is 13.7 Å². The zero-order valence-electron chi connectivity index (χ0n) is 9.19. The molecule has 2 rings (SSSR count). The minimum absolute atomic E-state index is 0.105. The van der Waals surface area contributed by atoms with Crippen molar-refractivity contribution >= 4 is 0 Å². The molecule has 1 unspecified atom stereocenters. The maximum Gasteiger partial charge on any atom is 0.243 e. The van der Waals surface area contributed by atoms with Gasteiger partial charge in [0, 0.05) is 7.11 Å². The van der Waals surface area contributed by atoms with Crippen molar-refractivity contribution in [3.05, 3.63) is 11.7 Å². The molecule has 0 amide bonds. The molecule has 0 spiro atoms. The molecule has 15 heavy (non-hydrogen) atoms. The van der Waals surface area contributed by atoms with Gasteiger partial charge in [0.15, 0.2) is 5.82 Å². The van der Waals surface area contributed by atoms with Gasteiger partial charge in [0.1, 0.15) is 6.10 Å². The molecule has 0 saturated carbocycles. The van der Waals surface area contributed by atoms with Crippen molar-refractivity contribution in [3.8, 4) is 0 Å². The van der Waals surface area contributed by atoms with E-state index in [1.54, 1.807) is 7.11 Å².